The summed E-state index contributed by atoms with van der Waals surface area (Å²) in [6, 6.07) is 0. The number of carboxylic acids is 1. The van der Waals surface area contributed by atoms with Crippen LogP contribution in [0.4, 0.5) is 0 Å². The van der Waals surface area contributed by atoms with Crippen molar-refractivity contribution in [2.45, 2.75) is 84.0 Å². The van der Waals surface area contributed by atoms with Gasteiger partial charge in [0.15, 0.2) is 0 Å². The first-order valence-electron chi connectivity index (χ1n) is 8.39. The second-order valence-electron chi connectivity index (χ2n) is 7.03. The average molecular weight is 266 g/mol. The highest BCUT2D eigenvalue weighted by Gasteiger charge is 2.43. The SMILES string of the molecule is CCCCC1CCC(CC2CCCC2)(C(=O)O)CC1. The van der Waals surface area contributed by atoms with Gasteiger partial charge in [0.2, 0.25) is 0 Å². The van der Waals surface area contributed by atoms with Crippen molar-refractivity contribution in [3.63, 3.8) is 0 Å². The zero-order valence-corrected chi connectivity index (χ0v) is 12.5. The highest BCUT2D eigenvalue weighted by atomic mass is 16.4. The van der Waals surface area contributed by atoms with E-state index in [0.717, 1.165) is 38.0 Å². The van der Waals surface area contributed by atoms with Gasteiger partial charge in [-0.3, -0.25) is 4.79 Å². The lowest BCUT2D eigenvalue weighted by Gasteiger charge is -2.38. The van der Waals surface area contributed by atoms with Crippen LogP contribution in [0.25, 0.3) is 0 Å². The van der Waals surface area contributed by atoms with E-state index in [0.29, 0.717) is 5.92 Å². The average Bonchev–Trinajstić information content (AvgIpc) is 2.90. The number of aliphatic carboxylic acids is 1. The minimum Gasteiger partial charge on any atom is -0.481 e. The van der Waals surface area contributed by atoms with E-state index in [-0.39, 0.29) is 5.41 Å². The van der Waals surface area contributed by atoms with Crippen LogP contribution in [0.5, 0.6) is 0 Å². The number of carbonyl (C=O) groups is 1. The molecule has 110 valence electrons. The normalized spacial score (nSPS) is 32.6. The van der Waals surface area contributed by atoms with Crippen LogP contribution in [0.3, 0.4) is 0 Å². The van der Waals surface area contributed by atoms with Crippen molar-refractivity contribution in [2.24, 2.45) is 17.3 Å². The Labute approximate surface area is 118 Å². The third kappa shape index (κ3) is 3.73. The topological polar surface area (TPSA) is 37.3 Å². The molecule has 0 radical (unpaired) electrons. The molecule has 2 aliphatic carbocycles. The summed E-state index contributed by atoms with van der Waals surface area (Å²) >= 11 is 0. The largest absolute Gasteiger partial charge is 0.481 e. The van der Waals surface area contributed by atoms with Gasteiger partial charge in [-0.1, -0.05) is 51.9 Å². The summed E-state index contributed by atoms with van der Waals surface area (Å²) in [4.78, 5) is 11.8. The molecule has 2 saturated carbocycles. The van der Waals surface area contributed by atoms with Crippen molar-refractivity contribution >= 4 is 5.97 Å². The van der Waals surface area contributed by atoms with E-state index in [1.807, 2.05) is 0 Å². The Kier molecular flexibility index (Phi) is 5.29. The summed E-state index contributed by atoms with van der Waals surface area (Å²) in [5.74, 6) is 0.993. The second-order valence-corrected chi connectivity index (χ2v) is 7.03. The fourth-order valence-corrected chi connectivity index (χ4v) is 4.28. The van der Waals surface area contributed by atoms with Gasteiger partial charge in [0.25, 0.3) is 0 Å². The zero-order valence-electron chi connectivity index (χ0n) is 12.5. The fourth-order valence-electron chi connectivity index (χ4n) is 4.28. The molecule has 1 N–H and O–H groups in total. The Hall–Kier alpha value is -0.530. The van der Waals surface area contributed by atoms with E-state index >= 15 is 0 Å². The summed E-state index contributed by atoms with van der Waals surface area (Å²) < 4.78 is 0. The van der Waals surface area contributed by atoms with Crippen molar-refractivity contribution < 1.29 is 9.90 Å². The smallest absolute Gasteiger partial charge is 0.309 e. The van der Waals surface area contributed by atoms with Gasteiger partial charge >= 0.3 is 5.97 Å². The molecule has 2 fully saturated rings. The van der Waals surface area contributed by atoms with Crippen LogP contribution in [0.15, 0.2) is 0 Å². The van der Waals surface area contributed by atoms with Crippen molar-refractivity contribution in [2.75, 3.05) is 0 Å². The van der Waals surface area contributed by atoms with Gasteiger partial charge in [-0.25, -0.2) is 0 Å². The summed E-state index contributed by atoms with van der Waals surface area (Å²) in [6.07, 6.45) is 14.2. The zero-order chi connectivity index (χ0) is 13.7. The van der Waals surface area contributed by atoms with Crippen LogP contribution in [0.2, 0.25) is 0 Å². The molecule has 2 nitrogen and oxygen atoms in total. The van der Waals surface area contributed by atoms with Gasteiger partial charge in [0.1, 0.15) is 0 Å². The first kappa shape index (κ1) is 14.9. The number of hydrogen-bond acceptors (Lipinski definition) is 1. The number of rotatable bonds is 6. The molecule has 0 bridgehead atoms. The molecule has 2 heteroatoms. The van der Waals surface area contributed by atoms with Crippen LogP contribution in [-0.2, 0) is 4.79 Å². The van der Waals surface area contributed by atoms with E-state index < -0.39 is 5.97 Å². The van der Waals surface area contributed by atoms with E-state index in [4.69, 9.17) is 0 Å². The maximum absolute atomic E-state index is 11.8. The molecule has 0 saturated heterocycles. The molecule has 2 rings (SSSR count). The lowest BCUT2D eigenvalue weighted by atomic mass is 9.65. The van der Waals surface area contributed by atoms with Crippen molar-refractivity contribution in [3.05, 3.63) is 0 Å². The molecular weight excluding hydrogens is 236 g/mol. The maximum atomic E-state index is 11.8. The molecule has 0 aromatic carbocycles. The minimum absolute atomic E-state index is 0.363. The van der Waals surface area contributed by atoms with Gasteiger partial charge in [-0.05, 0) is 43.9 Å². The maximum Gasteiger partial charge on any atom is 0.309 e. The molecule has 0 unspecified atom stereocenters. The standard InChI is InChI=1S/C17H30O2/c1-2-3-6-14-9-11-17(12-10-14,16(18)19)13-15-7-4-5-8-15/h14-15H,2-13H2,1H3,(H,18,19). The van der Waals surface area contributed by atoms with Crippen molar-refractivity contribution in [3.8, 4) is 0 Å². The summed E-state index contributed by atoms with van der Waals surface area (Å²) in [5.41, 5.74) is -0.363. The van der Waals surface area contributed by atoms with Crippen LogP contribution in [0.1, 0.15) is 84.0 Å². The Balaban J connectivity index is 1.89. The van der Waals surface area contributed by atoms with Crippen LogP contribution >= 0.6 is 0 Å². The van der Waals surface area contributed by atoms with Crippen molar-refractivity contribution in [1.29, 1.82) is 0 Å². The van der Waals surface area contributed by atoms with E-state index in [1.165, 1.54) is 44.9 Å². The van der Waals surface area contributed by atoms with Gasteiger partial charge in [-0.15, -0.1) is 0 Å². The Bertz CT molecular complexity index is 284. The van der Waals surface area contributed by atoms with Crippen LogP contribution < -0.4 is 0 Å². The summed E-state index contributed by atoms with van der Waals surface area (Å²) in [7, 11) is 0. The molecule has 0 aromatic rings. The Morgan fingerprint density at radius 1 is 1.11 bits per heavy atom. The highest BCUT2D eigenvalue weighted by molar-refractivity contribution is 5.74. The molecule has 0 aromatic heterocycles. The molecule has 2 aliphatic rings. The van der Waals surface area contributed by atoms with Crippen LogP contribution in [-0.4, -0.2) is 11.1 Å². The Morgan fingerprint density at radius 3 is 2.26 bits per heavy atom. The monoisotopic (exact) mass is 266 g/mol. The minimum atomic E-state index is -0.506. The molecule has 0 spiro atoms. The molecule has 0 atom stereocenters. The highest BCUT2D eigenvalue weighted by Crippen LogP contribution is 2.47. The lowest BCUT2D eigenvalue weighted by molar-refractivity contribution is -0.153. The predicted octanol–water partition coefficient (Wildman–Crippen LogP) is 5.02. The molecule has 0 aliphatic heterocycles. The summed E-state index contributed by atoms with van der Waals surface area (Å²) in [6.45, 7) is 2.24. The quantitative estimate of drug-likeness (QED) is 0.733. The molecular formula is C17H30O2. The Morgan fingerprint density at radius 2 is 1.74 bits per heavy atom. The molecule has 0 amide bonds. The fraction of sp³-hybridized carbons (Fsp3) is 0.941. The first-order valence-corrected chi connectivity index (χ1v) is 8.39. The third-order valence-electron chi connectivity index (χ3n) is 5.64. The van der Waals surface area contributed by atoms with Crippen LogP contribution in [0, 0.1) is 17.3 Å². The van der Waals surface area contributed by atoms with Crippen molar-refractivity contribution in [1.82, 2.24) is 0 Å². The number of carboxylic acid groups (broad SMARTS) is 1. The third-order valence-corrected chi connectivity index (χ3v) is 5.64. The van der Waals surface area contributed by atoms with Gasteiger partial charge in [-0.2, -0.15) is 0 Å². The molecule has 19 heavy (non-hydrogen) atoms. The van der Waals surface area contributed by atoms with E-state index in [9.17, 15) is 9.90 Å². The number of unbranched alkanes of at least 4 members (excludes halogenated alkanes) is 1. The first-order chi connectivity index (χ1) is 9.16. The van der Waals surface area contributed by atoms with Gasteiger partial charge < -0.3 is 5.11 Å². The molecule has 0 heterocycles. The predicted molar refractivity (Wildman–Crippen MR) is 78.1 cm³/mol. The summed E-state index contributed by atoms with van der Waals surface area (Å²) in [5, 5.41) is 9.71. The van der Waals surface area contributed by atoms with Gasteiger partial charge in [0.05, 0.1) is 5.41 Å². The van der Waals surface area contributed by atoms with E-state index in [1.54, 1.807) is 0 Å². The lowest BCUT2D eigenvalue weighted by Crippen LogP contribution is -2.37. The second kappa shape index (κ2) is 6.76. The van der Waals surface area contributed by atoms with E-state index in [2.05, 4.69) is 6.92 Å². The number of hydrogen-bond donors (Lipinski definition) is 1. The van der Waals surface area contributed by atoms with Gasteiger partial charge in [0, 0.05) is 0 Å².